The predicted octanol–water partition coefficient (Wildman–Crippen LogP) is 3.54. The smallest absolute Gasteiger partial charge is 0.406 e. The molecule has 1 unspecified atom stereocenters. The van der Waals surface area contributed by atoms with Crippen LogP contribution in [0, 0.1) is 11.2 Å². The molecule has 0 amide bonds. The molecule has 9 nitrogen and oxygen atoms in total. The van der Waals surface area contributed by atoms with E-state index in [1.807, 2.05) is 0 Å². The Labute approximate surface area is 223 Å². The van der Waals surface area contributed by atoms with Crippen LogP contribution < -0.4 is 9.46 Å². The highest BCUT2D eigenvalue weighted by Crippen LogP contribution is 2.55. The van der Waals surface area contributed by atoms with E-state index in [9.17, 15) is 56.0 Å². The van der Waals surface area contributed by atoms with Crippen molar-refractivity contribution in [2.45, 2.75) is 51.9 Å². The highest BCUT2D eigenvalue weighted by molar-refractivity contribution is 7.93. The van der Waals surface area contributed by atoms with E-state index in [0.29, 0.717) is 18.2 Å². The number of ether oxygens (including phenoxy) is 1. The number of benzene rings is 2. The Morgan fingerprint density at radius 3 is 2.00 bits per heavy atom. The summed E-state index contributed by atoms with van der Waals surface area (Å²) in [5.41, 5.74) is -6.50. The summed E-state index contributed by atoms with van der Waals surface area (Å²) in [4.78, 5) is -3.18. The summed E-state index contributed by atoms with van der Waals surface area (Å²) in [7, 11) is -15.5. The maximum Gasteiger partial charge on any atom is 0.573 e. The first-order valence-corrected chi connectivity index (χ1v) is 15.6. The van der Waals surface area contributed by atoms with Gasteiger partial charge in [-0.25, -0.2) is 34.4 Å². The number of sulfone groups is 1. The van der Waals surface area contributed by atoms with Crippen LogP contribution in [0.1, 0.15) is 19.3 Å². The molecule has 0 bridgehead atoms. The van der Waals surface area contributed by atoms with Gasteiger partial charge < -0.3 is 4.74 Å². The lowest BCUT2D eigenvalue weighted by molar-refractivity contribution is -0.274. The van der Waals surface area contributed by atoms with Crippen molar-refractivity contribution in [2.24, 2.45) is 5.41 Å². The van der Waals surface area contributed by atoms with Crippen LogP contribution in [0.2, 0.25) is 0 Å². The van der Waals surface area contributed by atoms with Gasteiger partial charge in [0.2, 0.25) is 19.9 Å². The molecule has 4 rings (SSSR count). The average Bonchev–Trinajstić information content (AvgIpc) is 3.46. The number of nitrogens with one attached hydrogen (secondary N) is 1. The highest BCUT2D eigenvalue weighted by atomic mass is 32.2. The lowest BCUT2D eigenvalue weighted by Gasteiger charge is -2.32. The molecule has 1 spiro atoms. The number of nitrogens with zero attached hydrogens (tertiary/aromatic N) is 1. The Morgan fingerprint density at radius 1 is 0.850 bits per heavy atom. The zero-order valence-electron chi connectivity index (χ0n) is 19.8. The third-order valence-electron chi connectivity index (χ3n) is 6.69. The van der Waals surface area contributed by atoms with Gasteiger partial charge in [-0.15, -0.1) is 13.2 Å². The first kappa shape index (κ1) is 30.5. The third kappa shape index (κ3) is 5.79. The van der Waals surface area contributed by atoms with Crippen molar-refractivity contribution in [3.05, 3.63) is 48.3 Å². The quantitative estimate of drug-likeness (QED) is 0.459. The van der Waals surface area contributed by atoms with Crippen LogP contribution in [0.15, 0.2) is 57.2 Å². The van der Waals surface area contributed by atoms with E-state index in [4.69, 9.17) is 0 Å². The molecule has 2 aromatic rings. The number of piperidine rings is 1. The standard InChI is InChI=1S/C21H19F7N2O7S3/c22-14-3-1-2-4-15(14)38(31,32)17-11-13(37-20(23,24)25)5-6-16(17)39(33,34)30-9-7-19(8-10-30)12-18(19)29-40(35,36)21(26,27)28/h1-6,11,18,29H,7-10,12H2. The Bertz CT molecular complexity index is 1630. The van der Waals surface area contributed by atoms with Gasteiger partial charge in [-0.05, 0) is 48.9 Å². The molecule has 1 heterocycles. The first-order chi connectivity index (χ1) is 18.2. The number of sulfonamides is 2. The Balaban J connectivity index is 1.65. The van der Waals surface area contributed by atoms with Crippen LogP contribution in [0.25, 0.3) is 0 Å². The second kappa shape index (κ2) is 9.81. The number of hydrogen-bond acceptors (Lipinski definition) is 7. The minimum atomic E-state index is -5.63. The van der Waals surface area contributed by atoms with E-state index in [-0.39, 0.29) is 32.4 Å². The summed E-state index contributed by atoms with van der Waals surface area (Å²) in [6.45, 7) is -0.737. The largest absolute Gasteiger partial charge is 0.573 e. The molecule has 1 atom stereocenters. The van der Waals surface area contributed by atoms with Gasteiger partial charge in [0.25, 0.3) is 0 Å². The van der Waals surface area contributed by atoms with Gasteiger partial charge in [-0.3, -0.25) is 0 Å². The van der Waals surface area contributed by atoms with Crippen LogP contribution in [-0.2, 0) is 29.9 Å². The molecule has 1 N–H and O–H groups in total. The second-order valence-electron chi connectivity index (χ2n) is 9.18. The zero-order valence-corrected chi connectivity index (χ0v) is 22.3. The Kier molecular flexibility index (Phi) is 7.48. The van der Waals surface area contributed by atoms with Gasteiger partial charge in [-0.1, -0.05) is 12.1 Å². The summed E-state index contributed by atoms with van der Waals surface area (Å²) in [6, 6.07) is 4.12. The topological polar surface area (TPSA) is 127 Å². The van der Waals surface area contributed by atoms with Crippen LogP contribution in [0.5, 0.6) is 5.75 Å². The number of alkyl halides is 6. The molecule has 1 aliphatic heterocycles. The van der Waals surface area contributed by atoms with Crippen molar-refractivity contribution in [3.8, 4) is 5.75 Å². The number of hydrogen-bond donors (Lipinski definition) is 1. The molecule has 19 heteroatoms. The molecule has 222 valence electrons. The number of rotatable bonds is 7. The van der Waals surface area contributed by atoms with Gasteiger partial charge in [-0.2, -0.15) is 17.5 Å². The van der Waals surface area contributed by atoms with E-state index >= 15 is 0 Å². The molecule has 0 aromatic heterocycles. The molecule has 2 fully saturated rings. The predicted molar refractivity (Wildman–Crippen MR) is 122 cm³/mol. The fourth-order valence-corrected chi connectivity index (χ4v) is 8.93. The maximum absolute atomic E-state index is 14.4. The summed E-state index contributed by atoms with van der Waals surface area (Å²) in [6.07, 6.45) is -5.45. The average molecular weight is 641 g/mol. The van der Waals surface area contributed by atoms with Crippen molar-refractivity contribution < 1.29 is 60.7 Å². The minimum absolute atomic E-state index is 0.00654. The first-order valence-electron chi connectivity index (χ1n) is 11.2. The molecule has 40 heavy (non-hydrogen) atoms. The SMILES string of the molecule is O=S(=O)(c1ccccc1F)c1cc(OC(F)(F)F)ccc1S(=O)(=O)N1CCC2(CC1)CC2NS(=O)(=O)C(F)(F)F. The maximum atomic E-state index is 14.4. The van der Waals surface area contributed by atoms with Crippen LogP contribution in [0.3, 0.4) is 0 Å². The van der Waals surface area contributed by atoms with E-state index in [1.54, 1.807) is 4.72 Å². The monoisotopic (exact) mass is 640 g/mol. The van der Waals surface area contributed by atoms with E-state index < -0.39 is 79.5 Å². The molecule has 1 saturated heterocycles. The molecular weight excluding hydrogens is 621 g/mol. The van der Waals surface area contributed by atoms with Gasteiger partial charge in [0.05, 0.1) is 4.90 Å². The lowest BCUT2D eigenvalue weighted by Crippen LogP contribution is -2.44. The molecule has 2 aromatic carbocycles. The van der Waals surface area contributed by atoms with Gasteiger partial charge >= 0.3 is 21.9 Å². The zero-order chi connectivity index (χ0) is 29.9. The molecule has 1 aliphatic carbocycles. The van der Waals surface area contributed by atoms with Crippen LogP contribution in [0.4, 0.5) is 30.7 Å². The summed E-state index contributed by atoms with van der Waals surface area (Å²) < 4.78 is 173. The third-order valence-corrected chi connectivity index (χ3v) is 11.8. The van der Waals surface area contributed by atoms with Crippen LogP contribution >= 0.6 is 0 Å². The van der Waals surface area contributed by atoms with Crippen LogP contribution in [-0.4, -0.2) is 60.6 Å². The van der Waals surface area contributed by atoms with Crippen molar-refractivity contribution >= 4 is 29.9 Å². The van der Waals surface area contributed by atoms with Crippen molar-refractivity contribution in [1.29, 1.82) is 0 Å². The fraction of sp³-hybridized carbons (Fsp3) is 0.429. The molecule has 1 saturated carbocycles. The number of halogens is 7. The summed E-state index contributed by atoms with van der Waals surface area (Å²) >= 11 is 0. The summed E-state index contributed by atoms with van der Waals surface area (Å²) in [5.74, 6) is -2.38. The Morgan fingerprint density at radius 2 is 1.45 bits per heavy atom. The normalized spacial score (nSPS) is 20.4. The molecular formula is C21H19F7N2O7S3. The van der Waals surface area contributed by atoms with E-state index in [2.05, 4.69) is 4.74 Å². The van der Waals surface area contributed by atoms with Gasteiger partial charge in [0, 0.05) is 25.2 Å². The van der Waals surface area contributed by atoms with Gasteiger partial charge in [0.1, 0.15) is 21.4 Å². The highest BCUT2D eigenvalue weighted by Gasteiger charge is 2.60. The second-order valence-corrected chi connectivity index (χ2v) is 14.7. The van der Waals surface area contributed by atoms with E-state index in [0.717, 1.165) is 28.6 Å². The Hall–Kier alpha value is -2.48. The van der Waals surface area contributed by atoms with Crippen molar-refractivity contribution in [1.82, 2.24) is 9.03 Å². The van der Waals surface area contributed by atoms with Gasteiger partial charge in [0.15, 0.2) is 0 Å². The van der Waals surface area contributed by atoms with Crippen molar-refractivity contribution in [3.63, 3.8) is 0 Å². The lowest BCUT2D eigenvalue weighted by atomic mass is 9.94. The molecule has 2 aliphatic rings. The van der Waals surface area contributed by atoms with E-state index in [1.165, 1.54) is 0 Å². The molecule has 0 radical (unpaired) electrons. The van der Waals surface area contributed by atoms with Crippen molar-refractivity contribution in [2.75, 3.05) is 13.1 Å². The summed E-state index contributed by atoms with van der Waals surface area (Å²) in [5, 5.41) is 0. The minimum Gasteiger partial charge on any atom is -0.406 e. The fourth-order valence-electron chi connectivity index (χ4n) is 4.52.